The van der Waals surface area contributed by atoms with E-state index < -0.39 is 60.2 Å². The van der Waals surface area contributed by atoms with Crippen molar-refractivity contribution < 1.29 is 66.8 Å². The molecule has 6 amide bonds. The molecule has 54 heavy (non-hydrogen) atoms. The molecule has 0 bridgehead atoms. The van der Waals surface area contributed by atoms with Crippen molar-refractivity contribution in [1.29, 1.82) is 0 Å². The van der Waals surface area contributed by atoms with Crippen molar-refractivity contribution in [3.05, 3.63) is 24.3 Å². The average Bonchev–Trinajstić information content (AvgIpc) is 3.14. The summed E-state index contributed by atoms with van der Waals surface area (Å²) in [5, 5.41) is 15.2. The van der Waals surface area contributed by atoms with E-state index in [1.807, 2.05) is 0 Å². The standard InChI is InChI=1S/C34H56N6O14/c1-23(2)29(43)51-21-17-35-27(41)25(39-33(47)49-5)13-7-9-15-37-31(45)53-19-11-12-20-54-32(46)38-16-10-8-14-26(40-34(48)50-6)28(42)36-18-22-52-30(44)24(3)4/h25-26H,1,3,7-22H2,2,4-6H3,(H,35,41)(H,36,42)(H,37,45)(H,38,46)(H,39,47)(H,40,48). The molecule has 2 unspecified atom stereocenters. The number of unbranched alkanes of at least 4 members (excludes halogenated alkanes) is 3. The van der Waals surface area contributed by atoms with Crippen LogP contribution in [0.4, 0.5) is 19.2 Å². The third-order valence-corrected chi connectivity index (χ3v) is 6.94. The lowest BCUT2D eigenvalue weighted by Crippen LogP contribution is -2.47. The summed E-state index contributed by atoms with van der Waals surface area (Å²) in [6, 6.07) is -1.81. The molecule has 0 aromatic carbocycles. The van der Waals surface area contributed by atoms with E-state index in [4.69, 9.17) is 18.9 Å². The monoisotopic (exact) mass is 772 g/mol. The fourth-order valence-electron chi connectivity index (χ4n) is 4.03. The van der Waals surface area contributed by atoms with Crippen LogP contribution in [0.2, 0.25) is 0 Å². The summed E-state index contributed by atoms with van der Waals surface area (Å²) >= 11 is 0. The van der Waals surface area contributed by atoms with E-state index in [2.05, 4.69) is 54.5 Å². The first-order valence-electron chi connectivity index (χ1n) is 17.4. The zero-order valence-corrected chi connectivity index (χ0v) is 31.6. The topological polar surface area (TPSA) is 264 Å². The van der Waals surface area contributed by atoms with E-state index in [1.54, 1.807) is 0 Å². The number of methoxy groups -OCH3 is 2. The number of amides is 6. The van der Waals surface area contributed by atoms with Gasteiger partial charge in [-0.15, -0.1) is 0 Å². The molecule has 0 rings (SSSR count). The highest BCUT2D eigenvalue weighted by Crippen LogP contribution is 2.04. The largest absolute Gasteiger partial charge is 0.460 e. The minimum atomic E-state index is -0.903. The maximum atomic E-state index is 12.5. The predicted molar refractivity (Wildman–Crippen MR) is 192 cm³/mol. The van der Waals surface area contributed by atoms with Crippen molar-refractivity contribution in [3.63, 3.8) is 0 Å². The summed E-state index contributed by atoms with van der Waals surface area (Å²) < 4.78 is 29.2. The fourth-order valence-corrected chi connectivity index (χ4v) is 4.03. The van der Waals surface area contributed by atoms with Crippen molar-refractivity contribution >= 4 is 48.1 Å². The molecule has 2 atom stereocenters. The summed E-state index contributed by atoms with van der Waals surface area (Å²) in [7, 11) is 2.34. The van der Waals surface area contributed by atoms with Crippen molar-refractivity contribution in [2.24, 2.45) is 0 Å². The summed E-state index contributed by atoms with van der Waals surface area (Å²) in [4.78, 5) is 95.0. The molecule has 0 saturated carbocycles. The van der Waals surface area contributed by atoms with Crippen LogP contribution in [-0.2, 0) is 47.6 Å². The van der Waals surface area contributed by atoms with Crippen LogP contribution in [0.3, 0.4) is 0 Å². The quantitative estimate of drug-likeness (QED) is 0.0299. The van der Waals surface area contributed by atoms with Crippen LogP contribution >= 0.6 is 0 Å². The lowest BCUT2D eigenvalue weighted by molar-refractivity contribution is -0.140. The van der Waals surface area contributed by atoms with Gasteiger partial charge in [0.2, 0.25) is 11.8 Å². The summed E-state index contributed by atoms with van der Waals surface area (Å²) in [5.41, 5.74) is 0.459. The molecule has 0 aromatic rings. The second-order valence-corrected chi connectivity index (χ2v) is 11.6. The van der Waals surface area contributed by atoms with E-state index in [0.717, 1.165) is 0 Å². The Morgan fingerprint density at radius 2 is 0.833 bits per heavy atom. The van der Waals surface area contributed by atoms with Crippen LogP contribution < -0.4 is 31.9 Å². The Morgan fingerprint density at radius 3 is 1.17 bits per heavy atom. The van der Waals surface area contributed by atoms with Gasteiger partial charge in [0, 0.05) is 24.2 Å². The Kier molecular flexibility index (Phi) is 26.9. The zero-order chi connectivity index (χ0) is 40.7. The molecular formula is C34H56N6O14. The Labute approximate surface area is 315 Å². The third-order valence-electron chi connectivity index (χ3n) is 6.94. The lowest BCUT2D eigenvalue weighted by atomic mass is 10.1. The van der Waals surface area contributed by atoms with Crippen LogP contribution in [0.15, 0.2) is 24.3 Å². The van der Waals surface area contributed by atoms with Crippen molar-refractivity contribution in [2.75, 3.05) is 66.8 Å². The summed E-state index contributed by atoms with van der Waals surface area (Å²) in [6.45, 7) is 10.6. The molecule has 0 aliphatic rings. The van der Waals surface area contributed by atoms with E-state index in [0.29, 0.717) is 38.5 Å². The van der Waals surface area contributed by atoms with Crippen LogP contribution in [-0.4, -0.2) is 127 Å². The summed E-state index contributed by atoms with van der Waals surface area (Å²) in [6.07, 6.45) is 0.453. The average molecular weight is 773 g/mol. The minimum Gasteiger partial charge on any atom is -0.460 e. The smallest absolute Gasteiger partial charge is 0.407 e. The van der Waals surface area contributed by atoms with Crippen molar-refractivity contribution in [3.8, 4) is 0 Å². The maximum absolute atomic E-state index is 12.5. The fraction of sp³-hybridized carbons (Fsp3) is 0.647. The molecule has 20 heteroatoms. The van der Waals surface area contributed by atoms with Gasteiger partial charge in [-0.3, -0.25) is 9.59 Å². The molecule has 0 spiro atoms. The Hall–Kier alpha value is -5.56. The SMILES string of the molecule is C=C(C)C(=O)OCCNC(=O)C(CCCCNC(=O)OCCCCOC(=O)NCCCCC(NC(=O)OC)C(=O)NCCOC(=O)C(=C)C)NC(=O)OC. The van der Waals surface area contributed by atoms with Gasteiger partial charge in [-0.25, -0.2) is 28.8 Å². The number of rotatable bonds is 27. The van der Waals surface area contributed by atoms with Gasteiger partial charge in [-0.1, -0.05) is 13.2 Å². The van der Waals surface area contributed by atoms with Crippen molar-refractivity contribution in [2.45, 2.75) is 77.3 Å². The number of carbonyl (C=O) groups excluding carboxylic acids is 8. The molecule has 0 fully saturated rings. The Balaban J connectivity index is 4.14. The number of hydrogen-bond acceptors (Lipinski definition) is 14. The number of alkyl carbamates (subject to hydrolysis) is 4. The molecule has 0 saturated heterocycles. The van der Waals surface area contributed by atoms with Crippen LogP contribution in [0.5, 0.6) is 0 Å². The molecular weight excluding hydrogens is 716 g/mol. The van der Waals surface area contributed by atoms with E-state index in [9.17, 15) is 38.4 Å². The van der Waals surface area contributed by atoms with E-state index in [-0.39, 0.29) is 76.6 Å². The second-order valence-electron chi connectivity index (χ2n) is 11.6. The number of ether oxygens (including phenoxy) is 6. The predicted octanol–water partition coefficient (Wildman–Crippen LogP) is 1.48. The van der Waals surface area contributed by atoms with Crippen molar-refractivity contribution in [1.82, 2.24) is 31.9 Å². The second kappa shape index (κ2) is 30.0. The molecule has 0 aliphatic carbocycles. The number of esters is 2. The molecule has 20 nitrogen and oxygen atoms in total. The Morgan fingerprint density at radius 1 is 0.463 bits per heavy atom. The molecule has 0 heterocycles. The van der Waals surface area contributed by atoms with Gasteiger partial charge in [-0.2, -0.15) is 0 Å². The first-order valence-corrected chi connectivity index (χ1v) is 17.4. The minimum absolute atomic E-state index is 0.0381. The van der Waals surface area contributed by atoms with Gasteiger partial charge in [0.05, 0.1) is 40.5 Å². The molecule has 0 aromatic heterocycles. The maximum Gasteiger partial charge on any atom is 0.407 e. The van der Waals surface area contributed by atoms with Crippen LogP contribution in [0, 0.1) is 0 Å². The first-order chi connectivity index (χ1) is 25.7. The van der Waals surface area contributed by atoms with Gasteiger partial charge in [0.25, 0.3) is 0 Å². The van der Waals surface area contributed by atoms with Gasteiger partial charge >= 0.3 is 36.3 Å². The molecule has 0 aliphatic heterocycles. The first kappa shape index (κ1) is 48.4. The zero-order valence-electron chi connectivity index (χ0n) is 31.6. The number of nitrogens with one attached hydrogen (secondary N) is 6. The van der Waals surface area contributed by atoms with Gasteiger partial charge in [0.15, 0.2) is 0 Å². The van der Waals surface area contributed by atoms with E-state index >= 15 is 0 Å². The highest BCUT2D eigenvalue weighted by molar-refractivity contribution is 5.88. The highest BCUT2D eigenvalue weighted by Gasteiger charge is 2.22. The summed E-state index contributed by atoms with van der Waals surface area (Å²) in [5.74, 6) is -2.13. The molecule has 6 N–H and O–H groups in total. The lowest BCUT2D eigenvalue weighted by Gasteiger charge is -2.18. The van der Waals surface area contributed by atoms with Gasteiger partial charge in [-0.05, 0) is 65.2 Å². The molecule has 306 valence electrons. The van der Waals surface area contributed by atoms with E-state index in [1.165, 1.54) is 28.1 Å². The molecule has 0 radical (unpaired) electrons. The Bertz CT molecular complexity index is 1170. The number of carbonyl (C=O) groups is 8. The number of hydrogen-bond donors (Lipinski definition) is 6. The van der Waals surface area contributed by atoms with Crippen LogP contribution in [0.1, 0.15) is 65.2 Å². The highest BCUT2D eigenvalue weighted by atomic mass is 16.6. The van der Waals surface area contributed by atoms with Crippen LogP contribution in [0.25, 0.3) is 0 Å². The third kappa shape index (κ3) is 25.4. The van der Waals surface area contributed by atoms with Gasteiger partial charge < -0.3 is 60.3 Å². The van der Waals surface area contributed by atoms with Gasteiger partial charge in [0.1, 0.15) is 25.3 Å². The normalized spacial score (nSPS) is 11.3.